The Morgan fingerprint density at radius 2 is 1.65 bits per heavy atom. The molecule has 0 atom stereocenters. The fourth-order valence-corrected chi connectivity index (χ4v) is 5.51. The molecule has 2 aromatic carbocycles. The third-order valence-corrected chi connectivity index (χ3v) is 8.22. The van der Waals surface area contributed by atoms with Crippen molar-refractivity contribution in [2.45, 2.75) is 29.6 Å². The number of sulfonamides is 1. The lowest BCUT2D eigenvalue weighted by Crippen LogP contribution is -2.41. The van der Waals surface area contributed by atoms with Crippen molar-refractivity contribution in [3.63, 3.8) is 0 Å². The Morgan fingerprint density at radius 3 is 2.26 bits per heavy atom. The molecular weight excluding hydrogens is 434 g/mol. The predicted molar refractivity (Wildman–Crippen MR) is 123 cm³/mol. The quantitative estimate of drug-likeness (QED) is 0.685. The van der Waals surface area contributed by atoms with Crippen LogP contribution in [0.4, 0.5) is 10.5 Å². The highest BCUT2D eigenvalue weighted by atomic mass is 32.2. The Labute approximate surface area is 187 Å². The minimum Gasteiger partial charge on any atom is -0.339 e. The van der Waals surface area contributed by atoms with Gasteiger partial charge in [-0.05, 0) is 55.8 Å². The summed E-state index contributed by atoms with van der Waals surface area (Å²) in [6.07, 6.45) is 0.895. The number of amides is 2. The molecule has 0 spiro atoms. The molecule has 31 heavy (non-hydrogen) atoms. The predicted octanol–water partition coefficient (Wildman–Crippen LogP) is 3.81. The zero-order chi connectivity index (χ0) is 22.6. The Balaban J connectivity index is 1.62. The van der Waals surface area contributed by atoms with Crippen LogP contribution in [0.25, 0.3) is 0 Å². The van der Waals surface area contributed by atoms with Crippen LogP contribution >= 0.6 is 11.8 Å². The number of anilines is 1. The molecule has 9 heteroatoms. The molecule has 1 aliphatic heterocycles. The highest BCUT2D eigenvalue weighted by Crippen LogP contribution is 2.30. The van der Waals surface area contributed by atoms with Crippen LogP contribution in [-0.4, -0.2) is 56.0 Å². The van der Waals surface area contributed by atoms with Gasteiger partial charge in [0.2, 0.25) is 15.9 Å². The van der Waals surface area contributed by atoms with E-state index < -0.39 is 10.0 Å². The first-order valence-electron chi connectivity index (χ1n) is 10.0. The summed E-state index contributed by atoms with van der Waals surface area (Å²) >= 11 is 1.05. The largest absolute Gasteiger partial charge is 0.339 e. The number of hydrogen-bond acceptors (Lipinski definition) is 5. The summed E-state index contributed by atoms with van der Waals surface area (Å²) in [7, 11) is -0.208. The van der Waals surface area contributed by atoms with E-state index in [-0.39, 0.29) is 22.0 Å². The Hall–Kier alpha value is -2.36. The Kier molecular flexibility index (Phi) is 7.40. The third-order valence-electron chi connectivity index (χ3n) is 5.19. The van der Waals surface area contributed by atoms with Gasteiger partial charge in [0, 0.05) is 38.0 Å². The topological polar surface area (TPSA) is 86.8 Å². The van der Waals surface area contributed by atoms with E-state index >= 15 is 0 Å². The van der Waals surface area contributed by atoms with Crippen LogP contribution in [0.5, 0.6) is 0 Å². The van der Waals surface area contributed by atoms with E-state index in [2.05, 4.69) is 5.32 Å². The SMILES string of the molecule is Cc1ccc(S(=O)(=O)N2CCC(C(=O)Nc3ccccc3SC(=O)N(C)C)CC2)cc1. The molecule has 0 aliphatic carbocycles. The summed E-state index contributed by atoms with van der Waals surface area (Å²) in [5.41, 5.74) is 1.59. The average molecular weight is 462 g/mol. The number of benzene rings is 2. The maximum absolute atomic E-state index is 12.9. The Bertz CT molecular complexity index is 1040. The number of nitrogens with one attached hydrogen (secondary N) is 1. The molecule has 2 amide bonds. The third kappa shape index (κ3) is 5.66. The van der Waals surface area contributed by atoms with Crippen molar-refractivity contribution in [2.75, 3.05) is 32.5 Å². The first-order valence-corrected chi connectivity index (χ1v) is 12.3. The van der Waals surface area contributed by atoms with Crippen LogP contribution in [0.2, 0.25) is 0 Å². The van der Waals surface area contributed by atoms with Gasteiger partial charge in [-0.3, -0.25) is 9.59 Å². The summed E-state index contributed by atoms with van der Waals surface area (Å²) in [6, 6.07) is 14.0. The smallest absolute Gasteiger partial charge is 0.286 e. The number of hydrogen-bond donors (Lipinski definition) is 1. The number of rotatable bonds is 5. The van der Waals surface area contributed by atoms with E-state index in [1.54, 1.807) is 56.6 Å². The molecule has 3 rings (SSSR count). The highest BCUT2D eigenvalue weighted by Gasteiger charge is 2.32. The van der Waals surface area contributed by atoms with Gasteiger partial charge in [0.15, 0.2) is 0 Å². The van der Waals surface area contributed by atoms with Crippen LogP contribution < -0.4 is 5.32 Å². The molecule has 1 fully saturated rings. The number of aryl methyl sites for hydroxylation is 1. The number of carbonyl (C=O) groups is 2. The molecular formula is C22H27N3O4S2. The van der Waals surface area contributed by atoms with E-state index in [4.69, 9.17) is 0 Å². The molecule has 0 radical (unpaired) electrons. The summed E-state index contributed by atoms with van der Waals surface area (Å²) in [5.74, 6) is -0.440. The standard InChI is InChI=1S/C22H27N3O4S2/c1-16-8-10-18(11-9-16)31(28,29)25-14-12-17(13-15-25)21(26)23-19-6-4-5-7-20(19)30-22(27)24(2)3/h4-11,17H,12-15H2,1-3H3,(H,23,26). The van der Waals surface area contributed by atoms with Crippen molar-refractivity contribution in [3.8, 4) is 0 Å². The second-order valence-corrected chi connectivity index (χ2v) is 10.7. The maximum Gasteiger partial charge on any atom is 0.286 e. The first kappa shape index (κ1) is 23.3. The van der Waals surface area contributed by atoms with E-state index in [0.717, 1.165) is 17.3 Å². The summed E-state index contributed by atoms with van der Waals surface area (Å²) in [5, 5.41) is 2.79. The van der Waals surface area contributed by atoms with E-state index in [9.17, 15) is 18.0 Å². The number of thioether (sulfide) groups is 1. The zero-order valence-corrected chi connectivity index (χ0v) is 19.5. The molecule has 166 valence electrons. The van der Waals surface area contributed by atoms with Gasteiger partial charge >= 0.3 is 0 Å². The van der Waals surface area contributed by atoms with Crippen LogP contribution in [0.15, 0.2) is 58.3 Å². The minimum absolute atomic E-state index is 0.128. The average Bonchev–Trinajstić information content (AvgIpc) is 2.75. The highest BCUT2D eigenvalue weighted by molar-refractivity contribution is 8.13. The molecule has 0 aromatic heterocycles. The fourth-order valence-electron chi connectivity index (χ4n) is 3.30. The molecule has 1 heterocycles. The van der Waals surface area contributed by atoms with Crippen LogP contribution in [-0.2, 0) is 14.8 Å². The lowest BCUT2D eigenvalue weighted by molar-refractivity contribution is -0.120. The number of nitrogens with zero attached hydrogens (tertiary/aromatic N) is 2. The lowest BCUT2D eigenvalue weighted by atomic mass is 9.97. The van der Waals surface area contributed by atoms with Crippen molar-refractivity contribution < 1.29 is 18.0 Å². The summed E-state index contributed by atoms with van der Waals surface area (Å²) in [4.78, 5) is 27.3. The number of para-hydroxylation sites is 1. The van der Waals surface area contributed by atoms with Crippen molar-refractivity contribution in [3.05, 3.63) is 54.1 Å². The van der Waals surface area contributed by atoms with Gasteiger partial charge in [-0.25, -0.2) is 8.42 Å². The second-order valence-electron chi connectivity index (χ2n) is 7.74. The van der Waals surface area contributed by atoms with Gasteiger partial charge in [-0.2, -0.15) is 4.31 Å². The maximum atomic E-state index is 12.9. The van der Waals surface area contributed by atoms with Crippen LogP contribution in [0, 0.1) is 12.8 Å². The molecule has 1 saturated heterocycles. The Morgan fingerprint density at radius 1 is 1.03 bits per heavy atom. The van der Waals surface area contributed by atoms with Crippen molar-refractivity contribution >= 4 is 38.6 Å². The molecule has 2 aromatic rings. The number of piperidine rings is 1. The van der Waals surface area contributed by atoms with Crippen LogP contribution in [0.1, 0.15) is 18.4 Å². The van der Waals surface area contributed by atoms with Crippen molar-refractivity contribution in [2.24, 2.45) is 5.92 Å². The molecule has 7 nitrogen and oxygen atoms in total. The fraction of sp³-hybridized carbons (Fsp3) is 0.364. The van der Waals surface area contributed by atoms with E-state index in [1.807, 2.05) is 13.0 Å². The van der Waals surface area contributed by atoms with Gasteiger partial charge in [0.1, 0.15) is 0 Å². The van der Waals surface area contributed by atoms with E-state index in [1.165, 1.54) is 9.21 Å². The minimum atomic E-state index is -3.56. The molecule has 0 bridgehead atoms. The lowest BCUT2D eigenvalue weighted by Gasteiger charge is -2.30. The monoisotopic (exact) mass is 461 g/mol. The number of carbonyl (C=O) groups excluding carboxylic acids is 2. The molecule has 1 N–H and O–H groups in total. The molecule has 0 saturated carbocycles. The van der Waals surface area contributed by atoms with Gasteiger partial charge in [0.05, 0.1) is 10.6 Å². The van der Waals surface area contributed by atoms with Gasteiger partial charge in [-0.1, -0.05) is 29.8 Å². The van der Waals surface area contributed by atoms with Crippen molar-refractivity contribution in [1.29, 1.82) is 0 Å². The molecule has 1 aliphatic rings. The van der Waals surface area contributed by atoms with Crippen molar-refractivity contribution in [1.82, 2.24) is 9.21 Å². The summed E-state index contributed by atoms with van der Waals surface area (Å²) in [6.45, 7) is 2.50. The van der Waals surface area contributed by atoms with Gasteiger partial charge in [-0.15, -0.1) is 0 Å². The normalized spacial score (nSPS) is 15.5. The van der Waals surface area contributed by atoms with E-state index in [0.29, 0.717) is 36.5 Å². The first-order chi connectivity index (χ1) is 14.7. The summed E-state index contributed by atoms with van der Waals surface area (Å²) < 4.78 is 27.2. The second kappa shape index (κ2) is 9.84. The van der Waals surface area contributed by atoms with Crippen LogP contribution in [0.3, 0.4) is 0 Å². The van der Waals surface area contributed by atoms with Gasteiger partial charge in [0.25, 0.3) is 5.24 Å². The zero-order valence-electron chi connectivity index (χ0n) is 17.9. The van der Waals surface area contributed by atoms with Gasteiger partial charge < -0.3 is 10.2 Å². The molecule has 0 unspecified atom stereocenters.